The van der Waals surface area contributed by atoms with Crippen LogP contribution in [-0.4, -0.2) is 29.6 Å². The number of unbranched alkanes of at least 4 members (excludes halogenated alkanes) is 3. The molecular weight excluding hydrogens is 366 g/mol. The highest BCUT2D eigenvalue weighted by Gasteiger charge is 2.25. The third-order valence-corrected chi connectivity index (χ3v) is 5.06. The highest BCUT2D eigenvalue weighted by atomic mass is 16.3. The molecule has 5 N–H and O–H groups in total. The van der Waals surface area contributed by atoms with Crippen LogP contribution in [0.5, 0.6) is 0 Å². The number of nitrogen functional groups attached to an aromatic ring is 2. The first-order valence-electron chi connectivity index (χ1n) is 10.1. The average Bonchev–Trinajstić information content (AvgIpc) is 3.04. The van der Waals surface area contributed by atoms with Crippen LogP contribution in [0.25, 0.3) is 11.4 Å². The number of aliphatic hydroxyl groups excluding tert-OH is 1. The normalized spacial score (nSPS) is 12.2. The maximum Gasteiger partial charge on any atom is 0.225 e. The minimum Gasteiger partial charge on any atom is -0.390 e. The molecule has 2 aromatic heterocycles. The van der Waals surface area contributed by atoms with E-state index >= 15 is 0 Å². The summed E-state index contributed by atoms with van der Waals surface area (Å²) in [5.74, 6) is 1.50. The topological polar surface area (TPSA) is 129 Å². The lowest BCUT2D eigenvalue weighted by Gasteiger charge is -2.22. The van der Waals surface area contributed by atoms with E-state index in [0.717, 1.165) is 42.8 Å². The monoisotopic (exact) mass is 395 g/mol. The lowest BCUT2D eigenvalue weighted by Crippen LogP contribution is -2.19. The van der Waals surface area contributed by atoms with Crippen LogP contribution in [-0.2, 0) is 6.61 Å². The van der Waals surface area contributed by atoms with Crippen molar-refractivity contribution < 1.29 is 5.11 Å². The van der Waals surface area contributed by atoms with E-state index in [1.54, 1.807) is 0 Å². The number of anilines is 2. The Morgan fingerprint density at radius 2 is 1.66 bits per heavy atom. The summed E-state index contributed by atoms with van der Waals surface area (Å²) >= 11 is 0. The Morgan fingerprint density at radius 1 is 0.966 bits per heavy atom. The summed E-state index contributed by atoms with van der Waals surface area (Å²) in [5.41, 5.74) is 14.2. The van der Waals surface area contributed by atoms with Crippen molar-refractivity contribution in [3.63, 3.8) is 0 Å². The fourth-order valence-electron chi connectivity index (χ4n) is 3.60. The number of nitrogens with two attached hydrogens (primary N) is 2. The van der Waals surface area contributed by atoms with Crippen LogP contribution in [0, 0.1) is 6.92 Å². The predicted octanol–water partition coefficient (Wildman–Crippen LogP) is 3.26. The first kappa shape index (κ1) is 20.7. The smallest absolute Gasteiger partial charge is 0.225 e. The van der Waals surface area contributed by atoms with Crippen molar-refractivity contribution in [2.45, 2.75) is 58.6 Å². The number of benzene rings is 1. The fourth-order valence-corrected chi connectivity index (χ4v) is 3.60. The Labute approximate surface area is 171 Å². The Kier molecular flexibility index (Phi) is 6.77. The number of hydrogen-bond acceptors (Lipinski definition) is 7. The molecule has 1 atom stereocenters. The molecule has 8 nitrogen and oxygen atoms in total. The van der Waals surface area contributed by atoms with Crippen molar-refractivity contribution >= 4 is 11.9 Å². The molecule has 0 spiro atoms. The zero-order valence-corrected chi connectivity index (χ0v) is 17.0. The zero-order chi connectivity index (χ0) is 20.8. The third-order valence-electron chi connectivity index (χ3n) is 5.06. The first-order chi connectivity index (χ1) is 14.0. The SMILES string of the molecule is CCCCCCC(c1nc(N)nc(N)n1)n1c(-c2ccccc2)nc(CO)c1C. The fraction of sp³-hybridized carbons (Fsp3) is 0.429. The van der Waals surface area contributed by atoms with Crippen LogP contribution in [0.3, 0.4) is 0 Å². The van der Waals surface area contributed by atoms with Gasteiger partial charge in [0.15, 0.2) is 5.82 Å². The summed E-state index contributed by atoms with van der Waals surface area (Å²) in [4.78, 5) is 17.4. The van der Waals surface area contributed by atoms with Crippen LogP contribution in [0.15, 0.2) is 30.3 Å². The van der Waals surface area contributed by atoms with Gasteiger partial charge in [0.05, 0.1) is 18.3 Å². The first-order valence-corrected chi connectivity index (χ1v) is 10.1. The lowest BCUT2D eigenvalue weighted by atomic mass is 10.1. The van der Waals surface area contributed by atoms with Crippen molar-refractivity contribution in [1.29, 1.82) is 0 Å². The zero-order valence-electron chi connectivity index (χ0n) is 17.0. The molecule has 154 valence electrons. The van der Waals surface area contributed by atoms with Gasteiger partial charge in [-0.25, -0.2) is 4.98 Å². The van der Waals surface area contributed by atoms with Crippen LogP contribution < -0.4 is 11.5 Å². The largest absolute Gasteiger partial charge is 0.390 e. The Balaban J connectivity index is 2.12. The molecule has 3 rings (SSSR count). The molecule has 3 aromatic rings. The van der Waals surface area contributed by atoms with Gasteiger partial charge in [0.25, 0.3) is 0 Å². The molecule has 0 amide bonds. The molecule has 8 heteroatoms. The number of hydrogen-bond donors (Lipinski definition) is 3. The summed E-state index contributed by atoms with van der Waals surface area (Å²) in [6.07, 6.45) is 5.26. The van der Waals surface area contributed by atoms with Gasteiger partial charge in [-0.3, -0.25) is 0 Å². The van der Waals surface area contributed by atoms with Gasteiger partial charge < -0.3 is 21.1 Å². The Morgan fingerprint density at radius 3 is 2.28 bits per heavy atom. The maximum atomic E-state index is 9.83. The van der Waals surface area contributed by atoms with Crippen LogP contribution in [0.4, 0.5) is 11.9 Å². The molecule has 2 heterocycles. The number of rotatable bonds is 9. The van der Waals surface area contributed by atoms with Gasteiger partial charge >= 0.3 is 0 Å². The van der Waals surface area contributed by atoms with E-state index in [2.05, 4.69) is 26.4 Å². The standard InChI is InChI=1S/C21H29N7O/c1-3-4-5-9-12-17(18-25-20(22)27-21(23)26-18)28-14(2)16(13-29)24-19(28)15-10-7-6-8-11-15/h6-8,10-11,17,29H,3-5,9,12-13H2,1-2H3,(H4,22,23,25,26,27). The van der Waals surface area contributed by atoms with E-state index in [0.29, 0.717) is 11.5 Å². The molecule has 0 aliphatic rings. The second-order valence-corrected chi connectivity index (χ2v) is 7.14. The number of imidazole rings is 1. The average molecular weight is 396 g/mol. The van der Waals surface area contributed by atoms with Gasteiger partial charge in [0.1, 0.15) is 5.82 Å². The molecule has 29 heavy (non-hydrogen) atoms. The molecule has 0 aliphatic heterocycles. The van der Waals surface area contributed by atoms with E-state index in [1.807, 2.05) is 37.3 Å². The highest BCUT2D eigenvalue weighted by Crippen LogP contribution is 2.32. The summed E-state index contributed by atoms with van der Waals surface area (Å²) in [6.45, 7) is 4.01. The van der Waals surface area contributed by atoms with Gasteiger partial charge in [-0.15, -0.1) is 0 Å². The van der Waals surface area contributed by atoms with Gasteiger partial charge in [-0.1, -0.05) is 62.9 Å². The summed E-state index contributed by atoms with van der Waals surface area (Å²) in [7, 11) is 0. The third kappa shape index (κ3) is 4.71. The summed E-state index contributed by atoms with van der Waals surface area (Å²) in [6, 6.07) is 9.71. The Bertz CT molecular complexity index is 919. The van der Waals surface area contributed by atoms with Gasteiger partial charge in [0.2, 0.25) is 11.9 Å². The van der Waals surface area contributed by atoms with Crippen molar-refractivity contribution in [3.05, 3.63) is 47.5 Å². The second kappa shape index (κ2) is 9.47. The molecule has 0 saturated heterocycles. The second-order valence-electron chi connectivity index (χ2n) is 7.14. The Hall–Kier alpha value is -3.00. The molecule has 0 bridgehead atoms. The van der Waals surface area contributed by atoms with E-state index < -0.39 is 0 Å². The number of aromatic nitrogens is 5. The molecule has 1 aromatic carbocycles. The van der Waals surface area contributed by atoms with Gasteiger partial charge in [-0.05, 0) is 13.3 Å². The quantitative estimate of drug-likeness (QED) is 0.474. The van der Waals surface area contributed by atoms with Crippen molar-refractivity contribution in [3.8, 4) is 11.4 Å². The van der Waals surface area contributed by atoms with E-state index in [-0.39, 0.29) is 24.5 Å². The van der Waals surface area contributed by atoms with Gasteiger partial charge in [-0.2, -0.15) is 15.0 Å². The minimum absolute atomic E-state index is 0.104. The van der Waals surface area contributed by atoms with Crippen LogP contribution in [0.1, 0.15) is 62.3 Å². The molecule has 0 saturated carbocycles. The predicted molar refractivity (Wildman–Crippen MR) is 114 cm³/mol. The van der Waals surface area contributed by atoms with E-state index in [4.69, 9.17) is 16.5 Å². The molecule has 1 unspecified atom stereocenters. The number of aliphatic hydroxyl groups is 1. The van der Waals surface area contributed by atoms with E-state index in [1.165, 1.54) is 6.42 Å². The van der Waals surface area contributed by atoms with Crippen molar-refractivity contribution in [1.82, 2.24) is 24.5 Å². The van der Waals surface area contributed by atoms with Crippen LogP contribution in [0.2, 0.25) is 0 Å². The number of nitrogens with zero attached hydrogens (tertiary/aromatic N) is 5. The molecule has 0 radical (unpaired) electrons. The van der Waals surface area contributed by atoms with Gasteiger partial charge in [0, 0.05) is 11.3 Å². The lowest BCUT2D eigenvalue weighted by molar-refractivity contribution is 0.276. The van der Waals surface area contributed by atoms with Crippen molar-refractivity contribution in [2.75, 3.05) is 11.5 Å². The van der Waals surface area contributed by atoms with E-state index in [9.17, 15) is 5.11 Å². The maximum absolute atomic E-state index is 9.83. The molecular formula is C21H29N7O. The highest BCUT2D eigenvalue weighted by molar-refractivity contribution is 5.57. The van der Waals surface area contributed by atoms with Crippen molar-refractivity contribution in [2.24, 2.45) is 0 Å². The molecule has 0 aliphatic carbocycles. The summed E-state index contributed by atoms with van der Waals surface area (Å²) < 4.78 is 2.10. The van der Waals surface area contributed by atoms with Crippen LogP contribution >= 0.6 is 0 Å². The summed E-state index contributed by atoms with van der Waals surface area (Å²) in [5, 5.41) is 9.83. The minimum atomic E-state index is -0.206. The molecule has 0 fully saturated rings.